The largest absolute Gasteiger partial charge is 0.338 e. The molecular formula is C14H14F2N2OS. The number of hydrogen-bond acceptors (Lipinski definition) is 3. The van der Waals surface area contributed by atoms with E-state index in [1.165, 1.54) is 16.7 Å². The molecule has 0 aromatic heterocycles. The second-order valence-corrected chi connectivity index (χ2v) is 5.92. The van der Waals surface area contributed by atoms with Crippen LogP contribution in [0.5, 0.6) is 0 Å². The first-order chi connectivity index (χ1) is 9.51. The Hall–Kier alpha value is -1.61. The summed E-state index contributed by atoms with van der Waals surface area (Å²) in [5.41, 5.74) is -0.125. The third kappa shape index (κ3) is 2.78. The molecule has 0 radical (unpaired) electrons. The van der Waals surface area contributed by atoms with E-state index in [0.717, 1.165) is 12.1 Å². The van der Waals surface area contributed by atoms with Gasteiger partial charge in [0.1, 0.15) is 16.4 Å². The van der Waals surface area contributed by atoms with Crippen LogP contribution in [0.1, 0.15) is 23.2 Å². The van der Waals surface area contributed by atoms with Gasteiger partial charge in [0.05, 0.1) is 11.6 Å². The van der Waals surface area contributed by atoms with E-state index in [1.54, 1.807) is 0 Å². The number of carbonyl (C=O) groups is 1. The second-order valence-electron chi connectivity index (χ2n) is 4.73. The maximum absolute atomic E-state index is 13.6. The van der Waals surface area contributed by atoms with Gasteiger partial charge in [-0.15, -0.1) is 11.8 Å². The van der Waals surface area contributed by atoms with E-state index in [2.05, 4.69) is 6.07 Å². The van der Waals surface area contributed by atoms with Crippen LogP contribution in [0.3, 0.4) is 0 Å². The highest BCUT2D eigenvalue weighted by Gasteiger charge is 2.36. The highest BCUT2D eigenvalue weighted by Crippen LogP contribution is 2.34. The molecule has 2 rings (SSSR count). The van der Waals surface area contributed by atoms with Crippen molar-refractivity contribution in [2.45, 2.75) is 17.6 Å². The third-order valence-electron chi connectivity index (χ3n) is 3.61. The Kier molecular flexibility index (Phi) is 4.29. The predicted octanol–water partition coefficient (Wildman–Crippen LogP) is 2.83. The predicted molar refractivity (Wildman–Crippen MR) is 73.4 cm³/mol. The number of carbonyl (C=O) groups excluding carboxylic acids is 1. The van der Waals surface area contributed by atoms with Crippen molar-refractivity contribution in [1.82, 2.24) is 4.90 Å². The maximum atomic E-state index is 13.6. The first-order valence-electron chi connectivity index (χ1n) is 6.22. The van der Waals surface area contributed by atoms with Gasteiger partial charge in [0.2, 0.25) is 0 Å². The number of piperidine rings is 1. The van der Waals surface area contributed by atoms with E-state index in [4.69, 9.17) is 0 Å². The smallest absolute Gasteiger partial charge is 0.256 e. The summed E-state index contributed by atoms with van der Waals surface area (Å²) in [5, 5.41) is 9.18. The Bertz CT molecular complexity index is 563. The van der Waals surface area contributed by atoms with Crippen LogP contribution in [0, 0.1) is 23.0 Å². The number of amides is 1. The molecule has 3 nitrogen and oxygen atoms in total. The number of benzene rings is 1. The molecule has 0 spiro atoms. The van der Waals surface area contributed by atoms with Crippen molar-refractivity contribution < 1.29 is 13.6 Å². The van der Waals surface area contributed by atoms with Crippen LogP contribution >= 0.6 is 11.8 Å². The number of likely N-dealkylation sites (tertiary alicyclic amines) is 1. The van der Waals surface area contributed by atoms with Crippen LogP contribution in [0.15, 0.2) is 18.2 Å². The SMILES string of the molecule is CSC1(C#N)CCN(C(=O)c2ccc(F)cc2F)CC1. The Morgan fingerprint density at radius 3 is 2.55 bits per heavy atom. The first kappa shape index (κ1) is 14.8. The fraction of sp³-hybridized carbons (Fsp3) is 0.429. The van der Waals surface area contributed by atoms with E-state index in [9.17, 15) is 18.8 Å². The second kappa shape index (κ2) is 5.80. The number of thioether (sulfide) groups is 1. The lowest BCUT2D eigenvalue weighted by Crippen LogP contribution is -2.44. The van der Waals surface area contributed by atoms with Crippen molar-refractivity contribution in [3.63, 3.8) is 0 Å². The highest BCUT2D eigenvalue weighted by atomic mass is 32.2. The monoisotopic (exact) mass is 296 g/mol. The zero-order chi connectivity index (χ0) is 14.8. The van der Waals surface area contributed by atoms with Gasteiger partial charge in [0.25, 0.3) is 5.91 Å². The molecule has 0 saturated carbocycles. The van der Waals surface area contributed by atoms with Gasteiger partial charge in [-0.2, -0.15) is 5.26 Å². The number of halogens is 2. The Balaban J connectivity index is 2.11. The molecule has 1 heterocycles. The molecule has 0 bridgehead atoms. The molecule has 1 amide bonds. The van der Waals surface area contributed by atoms with Gasteiger partial charge in [-0.1, -0.05) is 0 Å². The topological polar surface area (TPSA) is 44.1 Å². The molecule has 0 N–H and O–H groups in total. The van der Waals surface area contributed by atoms with Crippen LogP contribution in [-0.2, 0) is 0 Å². The molecule has 1 saturated heterocycles. The van der Waals surface area contributed by atoms with Crippen LogP contribution in [0.4, 0.5) is 8.78 Å². The first-order valence-corrected chi connectivity index (χ1v) is 7.44. The normalized spacial score (nSPS) is 17.6. The fourth-order valence-electron chi connectivity index (χ4n) is 2.27. The molecule has 0 unspecified atom stereocenters. The summed E-state index contributed by atoms with van der Waals surface area (Å²) in [5.74, 6) is -2.00. The molecular weight excluding hydrogens is 282 g/mol. The van der Waals surface area contributed by atoms with Crippen molar-refractivity contribution in [3.8, 4) is 6.07 Å². The van der Waals surface area contributed by atoms with Crippen LogP contribution in [-0.4, -0.2) is 34.9 Å². The van der Waals surface area contributed by atoms with E-state index in [1.807, 2.05) is 6.26 Å². The minimum atomic E-state index is -0.850. The Morgan fingerprint density at radius 1 is 1.40 bits per heavy atom. The lowest BCUT2D eigenvalue weighted by Gasteiger charge is -2.36. The molecule has 1 fully saturated rings. The maximum Gasteiger partial charge on any atom is 0.256 e. The number of nitriles is 1. The van der Waals surface area contributed by atoms with E-state index < -0.39 is 22.3 Å². The molecule has 1 aliphatic heterocycles. The van der Waals surface area contributed by atoms with Crippen molar-refractivity contribution in [3.05, 3.63) is 35.4 Å². The van der Waals surface area contributed by atoms with Crippen LogP contribution in [0.2, 0.25) is 0 Å². The standard InChI is InChI=1S/C14H14F2N2OS/c1-20-14(9-17)4-6-18(7-5-14)13(19)11-3-2-10(15)8-12(11)16/h2-3,8H,4-7H2,1H3. The summed E-state index contributed by atoms with van der Waals surface area (Å²) >= 11 is 1.49. The molecule has 6 heteroatoms. The van der Waals surface area contributed by atoms with E-state index in [0.29, 0.717) is 32.0 Å². The average Bonchev–Trinajstić information content (AvgIpc) is 2.47. The van der Waals surface area contributed by atoms with Crippen molar-refractivity contribution in [1.29, 1.82) is 5.26 Å². The molecule has 0 aliphatic carbocycles. The van der Waals surface area contributed by atoms with Gasteiger partial charge in [0, 0.05) is 19.2 Å². The third-order valence-corrected chi connectivity index (χ3v) is 4.90. The molecule has 1 aromatic rings. The quantitative estimate of drug-likeness (QED) is 0.843. The van der Waals surface area contributed by atoms with E-state index in [-0.39, 0.29) is 5.56 Å². The van der Waals surface area contributed by atoms with Crippen molar-refractivity contribution in [2.24, 2.45) is 0 Å². The molecule has 0 atom stereocenters. The van der Waals surface area contributed by atoms with Gasteiger partial charge >= 0.3 is 0 Å². The summed E-state index contributed by atoms with van der Waals surface area (Å²) in [6.07, 6.45) is 2.98. The summed E-state index contributed by atoms with van der Waals surface area (Å²) in [7, 11) is 0. The minimum absolute atomic E-state index is 0.125. The summed E-state index contributed by atoms with van der Waals surface area (Å²) < 4.78 is 26.0. The van der Waals surface area contributed by atoms with Crippen molar-refractivity contribution >= 4 is 17.7 Å². The summed E-state index contributed by atoms with van der Waals surface area (Å²) in [6.45, 7) is 0.814. The number of rotatable bonds is 2. The van der Waals surface area contributed by atoms with Gasteiger partial charge in [-0.25, -0.2) is 8.78 Å². The average molecular weight is 296 g/mol. The van der Waals surface area contributed by atoms with Crippen LogP contribution < -0.4 is 0 Å². The summed E-state index contributed by atoms with van der Waals surface area (Å²) in [6, 6.07) is 5.23. The van der Waals surface area contributed by atoms with Gasteiger partial charge in [-0.3, -0.25) is 4.79 Å². The number of nitrogens with zero attached hydrogens (tertiary/aromatic N) is 2. The number of hydrogen-bond donors (Lipinski definition) is 0. The molecule has 20 heavy (non-hydrogen) atoms. The Morgan fingerprint density at radius 2 is 2.05 bits per heavy atom. The fourth-order valence-corrected chi connectivity index (χ4v) is 2.95. The van der Waals surface area contributed by atoms with Crippen molar-refractivity contribution in [2.75, 3.05) is 19.3 Å². The molecule has 1 aliphatic rings. The zero-order valence-electron chi connectivity index (χ0n) is 11.0. The Labute approximate surface area is 120 Å². The van der Waals surface area contributed by atoms with E-state index >= 15 is 0 Å². The van der Waals surface area contributed by atoms with Crippen LogP contribution in [0.25, 0.3) is 0 Å². The lowest BCUT2D eigenvalue weighted by molar-refractivity contribution is 0.0711. The summed E-state index contributed by atoms with van der Waals surface area (Å²) in [4.78, 5) is 13.7. The molecule has 1 aromatic carbocycles. The molecule has 106 valence electrons. The zero-order valence-corrected chi connectivity index (χ0v) is 11.8. The van der Waals surface area contributed by atoms with Gasteiger partial charge in [0.15, 0.2) is 0 Å². The van der Waals surface area contributed by atoms with Gasteiger partial charge < -0.3 is 4.90 Å². The highest BCUT2D eigenvalue weighted by molar-refractivity contribution is 8.00. The van der Waals surface area contributed by atoms with Gasteiger partial charge in [-0.05, 0) is 31.2 Å². The minimum Gasteiger partial charge on any atom is -0.338 e. The lowest BCUT2D eigenvalue weighted by atomic mass is 9.96.